The summed E-state index contributed by atoms with van der Waals surface area (Å²) in [4.78, 5) is 23.8. The molecular formula is C18H15NO4S. The largest absolute Gasteiger partial charge is 0.481 e. The Kier molecular flexibility index (Phi) is 4.48. The van der Waals surface area contributed by atoms with Crippen molar-refractivity contribution in [2.75, 3.05) is 11.9 Å². The molecule has 0 saturated carbocycles. The highest BCUT2D eigenvalue weighted by Gasteiger charge is 2.14. The van der Waals surface area contributed by atoms with E-state index in [9.17, 15) is 9.59 Å². The van der Waals surface area contributed by atoms with Crippen LogP contribution in [0.25, 0.3) is 10.8 Å². The number of hydrogen-bond donors (Lipinski definition) is 2. The highest BCUT2D eigenvalue weighted by Crippen LogP contribution is 2.32. The van der Waals surface area contributed by atoms with Gasteiger partial charge in [-0.05, 0) is 36.1 Å². The number of carbonyl (C=O) groups is 2. The molecule has 0 unspecified atom stereocenters. The quantitative estimate of drug-likeness (QED) is 0.737. The Bertz CT molecular complexity index is 916. The van der Waals surface area contributed by atoms with Gasteiger partial charge in [-0.15, -0.1) is 11.3 Å². The summed E-state index contributed by atoms with van der Waals surface area (Å²) in [6, 6.07) is 12.7. The average Bonchev–Trinajstić information content (AvgIpc) is 3.00. The van der Waals surface area contributed by atoms with Gasteiger partial charge < -0.3 is 15.2 Å². The lowest BCUT2D eigenvalue weighted by atomic mass is 10.1. The summed E-state index contributed by atoms with van der Waals surface area (Å²) < 4.78 is 5.32. The minimum absolute atomic E-state index is 0.160. The molecule has 6 heteroatoms. The summed E-state index contributed by atoms with van der Waals surface area (Å²) >= 11 is 1.39. The van der Waals surface area contributed by atoms with Crippen molar-refractivity contribution in [2.24, 2.45) is 0 Å². The van der Waals surface area contributed by atoms with Gasteiger partial charge in [0.2, 0.25) is 0 Å². The molecule has 5 nitrogen and oxygen atoms in total. The first-order valence-electron chi connectivity index (χ1n) is 7.28. The first kappa shape index (κ1) is 16.0. The summed E-state index contributed by atoms with van der Waals surface area (Å²) in [5.74, 6) is -0.727. The van der Waals surface area contributed by atoms with Crippen LogP contribution < -0.4 is 10.1 Å². The first-order chi connectivity index (χ1) is 11.6. The zero-order valence-corrected chi connectivity index (χ0v) is 13.7. The van der Waals surface area contributed by atoms with Crippen LogP contribution >= 0.6 is 11.3 Å². The monoisotopic (exact) mass is 341 g/mol. The van der Waals surface area contributed by atoms with Crippen molar-refractivity contribution in [1.82, 2.24) is 0 Å². The van der Waals surface area contributed by atoms with Crippen molar-refractivity contribution in [3.05, 3.63) is 58.3 Å². The Labute approximate surface area is 142 Å². The lowest BCUT2D eigenvalue weighted by Crippen LogP contribution is -2.12. The number of carboxylic acid groups (broad SMARTS) is 1. The molecule has 0 aliphatic heterocycles. The number of carboxylic acids is 1. The lowest BCUT2D eigenvalue weighted by Gasteiger charge is -2.12. The summed E-state index contributed by atoms with van der Waals surface area (Å²) in [6.07, 6.45) is 0. The molecule has 3 rings (SSSR count). The van der Waals surface area contributed by atoms with E-state index in [1.165, 1.54) is 11.3 Å². The molecule has 0 fully saturated rings. The third kappa shape index (κ3) is 3.23. The Morgan fingerprint density at radius 2 is 1.88 bits per heavy atom. The molecule has 0 spiro atoms. The van der Waals surface area contributed by atoms with Gasteiger partial charge in [0, 0.05) is 16.5 Å². The smallest absolute Gasteiger partial charge is 0.341 e. The number of nitrogens with one attached hydrogen (secondary N) is 1. The highest BCUT2D eigenvalue weighted by atomic mass is 32.1. The van der Waals surface area contributed by atoms with Crippen molar-refractivity contribution in [2.45, 2.75) is 6.92 Å². The average molecular weight is 341 g/mol. The number of fused-ring (bicyclic) bond motifs is 1. The molecule has 2 aromatic carbocycles. The van der Waals surface area contributed by atoms with Gasteiger partial charge in [-0.1, -0.05) is 24.3 Å². The molecule has 1 amide bonds. The van der Waals surface area contributed by atoms with Crippen LogP contribution in [0.3, 0.4) is 0 Å². The van der Waals surface area contributed by atoms with Crippen LogP contribution in [0.1, 0.15) is 15.2 Å². The second-order valence-corrected chi connectivity index (χ2v) is 6.14. The molecular weight excluding hydrogens is 326 g/mol. The molecule has 0 radical (unpaired) electrons. The molecule has 0 bridgehead atoms. The van der Waals surface area contributed by atoms with Gasteiger partial charge >= 0.3 is 5.97 Å². The van der Waals surface area contributed by atoms with E-state index in [-0.39, 0.29) is 5.91 Å². The van der Waals surface area contributed by atoms with E-state index in [1.54, 1.807) is 12.1 Å². The summed E-state index contributed by atoms with van der Waals surface area (Å²) in [6.45, 7) is 1.48. The molecule has 3 aromatic rings. The Balaban J connectivity index is 1.95. The van der Waals surface area contributed by atoms with E-state index in [1.807, 2.05) is 42.6 Å². The highest BCUT2D eigenvalue weighted by molar-refractivity contribution is 7.12. The number of aliphatic carboxylic acids is 1. The normalized spacial score (nSPS) is 10.5. The second-order valence-electron chi connectivity index (χ2n) is 5.23. The van der Waals surface area contributed by atoms with Gasteiger partial charge in [0.25, 0.3) is 5.91 Å². The van der Waals surface area contributed by atoms with Gasteiger partial charge in [0.1, 0.15) is 5.75 Å². The number of ether oxygens (including phenoxy) is 1. The van der Waals surface area contributed by atoms with Crippen LogP contribution in [-0.4, -0.2) is 23.6 Å². The van der Waals surface area contributed by atoms with Crippen molar-refractivity contribution >= 4 is 39.7 Å². The first-order valence-corrected chi connectivity index (χ1v) is 8.16. The number of anilines is 1. The fourth-order valence-corrected chi connectivity index (χ4v) is 3.25. The minimum Gasteiger partial charge on any atom is -0.481 e. The molecule has 24 heavy (non-hydrogen) atoms. The van der Waals surface area contributed by atoms with Crippen LogP contribution in [0, 0.1) is 6.92 Å². The van der Waals surface area contributed by atoms with Crippen molar-refractivity contribution in [3.8, 4) is 5.75 Å². The van der Waals surface area contributed by atoms with E-state index in [0.717, 1.165) is 16.3 Å². The minimum atomic E-state index is -1.04. The molecule has 0 saturated heterocycles. The standard InChI is InChI=1S/C18H15NO4S/c1-11-8-9-24-17(11)18(22)19-14-6-7-15(23-10-16(20)21)13-5-3-2-4-12(13)14/h2-9H,10H2,1H3,(H,19,22)(H,20,21). The van der Waals surface area contributed by atoms with E-state index in [2.05, 4.69) is 5.32 Å². The van der Waals surface area contributed by atoms with Gasteiger partial charge in [-0.25, -0.2) is 4.79 Å². The molecule has 0 aliphatic rings. The predicted octanol–water partition coefficient (Wildman–Crippen LogP) is 3.93. The molecule has 122 valence electrons. The number of benzene rings is 2. The molecule has 2 N–H and O–H groups in total. The Morgan fingerprint density at radius 1 is 1.12 bits per heavy atom. The summed E-state index contributed by atoms with van der Waals surface area (Å²) in [7, 11) is 0. The maximum atomic E-state index is 12.4. The molecule has 1 aromatic heterocycles. The van der Waals surface area contributed by atoms with Crippen LogP contribution in [0.2, 0.25) is 0 Å². The van der Waals surface area contributed by atoms with E-state index in [0.29, 0.717) is 16.3 Å². The molecule has 0 atom stereocenters. The van der Waals surface area contributed by atoms with Crippen molar-refractivity contribution in [1.29, 1.82) is 0 Å². The van der Waals surface area contributed by atoms with Crippen LogP contribution in [0.15, 0.2) is 47.8 Å². The van der Waals surface area contributed by atoms with Gasteiger partial charge in [-0.3, -0.25) is 4.79 Å². The van der Waals surface area contributed by atoms with Crippen molar-refractivity contribution < 1.29 is 19.4 Å². The fourth-order valence-electron chi connectivity index (χ4n) is 2.43. The maximum absolute atomic E-state index is 12.4. The topological polar surface area (TPSA) is 75.6 Å². The lowest BCUT2D eigenvalue weighted by molar-refractivity contribution is -0.139. The SMILES string of the molecule is Cc1ccsc1C(=O)Nc1ccc(OCC(=O)O)c2ccccc12. The number of hydrogen-bond acceptors (Lipinski definition) is 4. The van der Waals surface area contributed by atoms with E-state index in [4.69, 9.17) is 9.84 Å². The van der Waals surface area contributed by atoms with Crippen LogP contribution in [0.5, 0.6) is 5.75 Å². The van der Waals surface area contributed by atoms with E-state index < -0.39 is 12.6 Å². The zero-order chi connectivity index (χ0) is 17.1. The number of amides is 1. The Morgan fingerprint density at radius 3 is 2.54 bits per heavy atom. The van der Waals surface area contributed by atoms with E-state index >= 15 is 0 Å². The molecule has 0 aliphatic carbocycles. The number of rotatable bonds is 5. The predicted molar refractivity (Wildman–Crippen MR) is 94.1 cm³/mol. The number of aryl methyl sites for hydroxylation is 1. The second kappa shape index (κ2) is 6.72. The summed E-state index contributed by atoms with van der Waals surface area (Å²) in [5, 5.41) is 15.1. The van der Waals surface area contributed by atoms with Crippen LogP contribution in [0.4, 0.5) is 5.69 Å². The third-order valence-electron chi connectivity index (χ3n) is 3.55. The van der Waals surface area contributed by atoms with Gasteiger partial charge in [-0.2, -0.15) is 0 Å². The van der Waals surface area contributed by atoms with Crippen LogP contribution in [-0.2, 0) is 4.79 Å². The number of thiophene rings is 1. The number of carbonyl (C=O) groups excluding carboxylic acids is 1. The summed E-state index contributed by atoms with van der Waals surface area (Å²) in [5.41, 5.74) is 1.59. The zero-order valence-electron chi connectivity index (χ0n) is 12.9. The van der Waals surface area contributed by atoms with Crippen molar-refractivity contribution in [3.63, 3.8) is 0 Å². The van der Waals surface area contributed by atoms with Gasteiger partial charge in [0.15, 0.2) is 6.61 Å². The fraction of sp³-hybridized carbons (Fsp3) is 0.111. The Hall–Kier alpha value is -2.86. The maximum Gasteiger partial charge on any atom is 0.341 e. The van der Waals surface area contributed by atoms with Gasteiger partial charge in [0.05, 0.1) is 4.88 Å². The third-order valence-corrected chi connectivity index (χ3v) is 4.57. The molecule has 1 heterocycles.